The van der Waals surface area contributed by atoms with Gasteiger partial charge >= 0.3 is 0 Å². The van der Waals surface area contributed by atoms with Gasteiger partial charge in [0.15, 0.2) is 0 Å². The fourth-order valence-corrected chi connectivity index (χ4v) is 4.45. The van der Waals surface area contributed by atoms with Gasteiger partial charge in [-0.05, 0) is 54.0 Å². The molecule has 1 aliphatic rings. The Labute approximate surface area is 190 Å². The highest BCUT2D eigenvalue weighted by Gasteiger charge is 2.27. The normalized spacial score (nSPS) is 16.0. The van der Waals surface area contributed by atoms with Crippen LogP contribution in [0.1, 0.15) is 54.0 Å². The summed E-state index contributed by atoms with van der Waals surface area (Å²) in [4.78, 5) is 31.6. The van der Waals surface area contributed by atoms with Gasteiger partial charge in [-0.3, -0.25) is 14.6 Å². The molecule has 1 aliphatic heterocycles. The largest absolute Gasteiger partial charge is 0.335 e. The standard InChI is InChI=1S/C28H30N2O2/c31-26(16-15-24-7-6-17-29-21-24)19-22-11-13-23(14-12-22)20-28(32)30-18-5-4-10-27(30)25-8-2-1-3-9-25/h1-3,6-9,11-14,17,21,27H,4-5,10,15-16,18-20H2. The Bertz CT molecular complexity index is 1020. The third kappa shape index (κ3) is 5.91. The van der Waals surface area contributed by atoms with Crippen LogP contribution in [0.4, 0.5) is 0 Å². The molecule has 0 spiro atoms. The number of amides is 1. The summed E-state index contributed by atoms with van der Waals surface area (Å²) < 4.78 is 0. The van der Waals surface area contributed by atoms with Gasteiger partial charge in [0, 0.05) is 31.8 Å². The summed E-state index contributed by atoms with van der Waals surface area (Å²) in [7, 11) is 0. The second-order valence-electron chi connectivity index (χ2n) is 8.58. The van der Waals surface area contributed by atoms with E-state index in [4.69, 9.17) is 0 Å². The Morgan fingerprint density at radius 1 is 0.844 bits per heavy atom. The second kappa shape index (κ2) is 10.9. The lowest BCUT2D eigenvalue weighted by Gasteiger charge is -2.36. The van der Waals surface area contributed by atoms with Crippen molar-refractivity contribution in [3.05, 3.63) is 101 Å². The van der Waals surface area contributed by atoms with E-state index >= 15 is 0 Å². The summed E-state index contributed by atoms with van der Waals surface area (Å²) in [6, 6.07) is 22.4. The molecule has 1 atom stereocenters. The van der Waals surface area contributed by atoms with Crippen LogP contribution in [0.15, 0.2) is 79.1 Å². The first-order chi connectivity index (χ1) is 15.7. The second-order valence-corrected chi connectivity index (χ2v) is 8.58. The predicted octanol–water partition coefficient (Wildman–Crippen LogP) is 5.12. The lowest BCUT2D eigenvalue weighted by molar-refractivity contribution is -0.134. The summed E-state index contributed by atoms with van der Waals surface area (Å²) in [5, 5.41) is 0. The monoisotopic (exact) mass is 426 g/mol. The first kappa shape index (κ1) is 21.9. The Kier molecular flexibility index (Phi) is 7.44. The molecular weight excluding hydrogens is 396 g/mol. The summed E-state index contributed by atoms with van der Waals surface area (Å²) in [5.74, 6) is 0.399. The van der Waals surface area contributed by atoms with Crippen molar-refractivity contribution in [3.8, 4) is 0 Å². The molecule has 0 aliphatic carbocycles. The van der Waals surface area contributed by atoms with Gasteiger partial charge in [0.25, 0.3) is 0 Å². The fraction of sp³-hybridized carbons (Fsp3) is 0.321. The number of aryl methyl sites for hydroxylation is 1. The zero-order chi connectivity index (χ0) is 22.2. The lowest BCUT2D eigenvalue weighted by Crippen LogP contribution is -2.39. The minimum absolute atomic E-state index is 0.175. The summed E-state index contributed by atoms with van der Waals surface area (Å²) >= 11 is 0. The Hall–Kier alpha value is -3.27. The fourth-order valence-electron chi connectivity index (χ4n) is 4.45. The van der Waals surface area contributed by atoms with Crippen molar-refractivity contribution in [2.24, 2.45) is 0 Å². The van der Waals surface area contributed by atoms with Crippen LogP contribution < -0.4 is 0 Å². The molecule has 32 heavy (non-hydrogen) atoms. The average Bonchev–Trinajstić information content (AvgIpc) is 2.85. The number of hydrogen-bond acceptors (Lipinski definition) is 3. The van der Waals surface area contributed by atoms with E-state index in [2.05, 4.69) is 22.0 Å². The van der Waals surface area contributed by atoms with Gasteiger partial charge in [0.05, 0.1) is 12.5 Å². The number of Topliss-reactive ketones (excluding diaryl/α,β-unsaturated/α-hetero) is 1. The first-order valence-electron chi connectivity index (χ1n) is 11.5. The number of pyridine rings is 1. The zero-order valence-corrected chi connectivity index (χ0v) is 18.5. The van der Waals surface area contributed by atoms with Gasteiger partial charge in [-0.25, -0.2) is 0 Å². The number of ketones is 1. The highest BCUT2D eigenvalue weighted by Crippen LogP contribution is 2.31. The molecule has 3 aromatic rings. The maximum Gasteiger partial charge on any atom is 0.227 e. The van der Waals surface area contributed by atoms with E-state index in [1.807, 2.05) is 60.8 Å². The quantitative estimate of drug-likeness (QED) is 0.502. The number of benzene rings is 2. The molecule has 1 amide bonds. The lowest BCUT2D eigenvalue weighted by atomic mass is 9.94. The number of carbonyl (C=O) groups excluding carboxylic acids is 2. The van der Waals surface area contributed by atoms with Crippen molar-refractivity contribution in [1.29, 1.82) is 0 Å². The molecule has 2 heterocycles. The molecule has 164 valence electrons. The van der Waals surface area contributed by atoms with Gasteiger partial charge in [-0.1, -0.05) is 60.7 Å². The van der Waals surface area contributed by atoms with Crippen LogP contribution in [-0.2, 0) is 28.9 Å². The van der Waals surface area contributed by atoms with Crippen molar-refractivity contribution in [3.63, 3.8) is 0 Å². The molecule has 1 fully saturated rings. The van der Waals surface area contributed by atoms with Crippen LogP contribution in [0, 0.1) is 0 Å². The number of hydrogen-bond donors (Lipinski definition) is 0. The molecule has 4 rings (SSSR count). The number of likely N-dealkylation sites (tertiary alicyclic amines) is 1. The molecule has 0 radical (unpaired) electrons. The predicted molar refractivity (Wildman–Crippen MR) is 126 cm³/mol. The molecule has 1 aromatic heterocycles. The van der Waals surface area contributed by atoms with Crippen LogP contribution in [0.5, 0.6) is 0 Å². The van der Waals surface area contributed by atoms with Crippen LogP contribution >= 0.6 is 0 Å². The molecular formula is C28H30N2O2. The molecule has 2 aromatic carbocycles. The SMILES string of the molecule is O=C(CCc1cccnc1)Cc1ccc(CC(=O)N2CCCCC2c2ccccc2)cc1. The number of carbonyl (C=O) groups is 2. The van der Waals surface area contributed by atoms with Gasteiger partial charge in [-0.15, -0.1) is 0 Å². The highest BCUT2D eigenvalue weighted by atomic mass is 16.2. The van der Waals surface area contributed by atoms with Crippen molar-refractivity contribution < 1.29 is 9.59 Å². The molecule has 0 saturated carbocycles. The number of aromatic nitrogens is 1. The third-order valence-corrected chi connectivity index (χ3v) is 6.20. The van der Waals surface area contributed by atoms with E-state index in [1.54, 1.807) is 6.20 Å². The van der Waals surface area contributed by atoms with Gasteiger partial charge < -0.3 is 4.90 Å². The Balaban J connectivity index is 1.31. The van der Waals surface area contributed by atoms with E-state index < -0.39 is 0 Å². The van der Waals surface area contributed by atoms with Gasteiger partial charge in [0.1, 0.15) is 5.78 Å². The Morgan fingerprint density at radius 3 is 2.31 bits per heavy atom. The van der Waals surface area contributed by atoms with E-state index in [-0.39, 0.29) is 17.7 Å². The zero-order valence-electron chi connectivity index (χ0n) is 18.5. The van der Waals surface area contributed by atoms with E-state index in [1.165, 1.54) is 5.56 Å². The molecule has 1 unspecified atom stereocenters. The van der Waals surface area contributed by atoms with Crippen LogP contribution in [-0.4, -0.2) is 28.1 Å². The molecule has 4 nitrogen and oxygen atoms in total. The minimum atomic E-state index is 0.175. The van der Waals surface area contributed by atoms with E-state index in [0.717, 1.165) is 48.9 Å². The third-order valence-electron chi connectivity index (χ3n) is 6.20. The smallest absolute Gasteiger partial charge is 0.227 e. The summed E-state index contributed by atoms with van der Waals surface area (Å²) in [5.41, 5.74) is 4.30. The van der Waals surface area contributed by atoms with Crippen molar-refractivity contribution in [2.45, 2.75) is 51.0 Å². The maximum atomic E-state index is 13.1. The summed E-state index contributed by atoms with van der Waals surface area (Å²) in [6.45, 7) is 0.821. The van der Waals surface area contributed by atoms with Crippen LogP contribution in [0.2, 0.25) is 0 Å². The highest BCUT2D eigenvalue weighted by molar-refractivity contribution is 5.81. The average molecular weight is 427 g/mol. The number of piperidine rings is 1. The molecule has 0 bridgehead atoms. The molecule has 4 heteroatoms. The van der Waals surface area contributed by atoms with Crippen molar-refractivity contribution in [2.75, 3.05) is 6.54 Å². The van der Waals surface area contributed by atoms with Crippen LogP contribution in [0.25, 0.3) is 0 Å². The molecule has 1 saturated heterocycles. The minimum Gasteiger partial charge on any atom is -0.335 e. The topological polar surface area (TPSA) is 50.3 Å². The number of rotatable bonds is 8. The molecule has 0 N–H and O–H groups in total. The number of nitrogens with zero attached hydrogens (tertiary/aromatic N) is 2. The van der Waals surface area contributed by atoms with Crippen LogP contribution in [0.3, 0.4) is 0 Å². The Morgan fingerprint density at radius 2 is 1.59 bits per heavy atom. The maximum absolute atomic E-state index is 13.1. The first-order valence-corrected chi connectivity index (χ1v) is 11.5. The van der Waals surface area contributed by atoms with Crippen molar-refractivity contribution in [1.82, 2.24) is 9.88 Å². The van der Waals surface area contributed by atoms with E-state index in [9.17, 15) is 9.59 Å². The summed E-state index contributed by atoms with van der Waals surface area (Å²) in [6.07, 6.45) is 8.86. The van der Waals surface area contributed by atoms with Crippen molar-refractivity contribution >= 4 is 11.7 Å². The van der Waals surface area contributed by atoms with Gasteiger partial charge in [-0.2, -0.15) is 0 Å². The van der Waals surface area contributed by atoms with E-state index in [0.29, 0.717) is 19.3 Å². The van der Waals surface area contributed by atoms with Gasteiger partial charge in [0.2, 0.25) is 5.91 Å².